The number of rotatable bonds is 8. The highest BCUT2D eigenvalue weighted by atomic mass is 35.5. The van der Waals surface area contributed by atoms with Crippen molar-refractivity contribution in [1.29, 1.82) is 0 Å². The maximum atomic E-state index is 14.7. The molecule has 1 aromatic heterocycles. The number of aromatic amines is 1. The fourth-order valence-electron chi connectivity index (χ4n) is 3.33. The molecule has 0 amide bonds. The van der Waals surface area contributed by atoms with Crippen LogP contribution in [0.25, 0.3) is 10.9 Å². The quantitative estimate of drug-likeness (QED) is 0.463. The molecule has 1 unspecified atom stereocenters. The molecule has 0 aliphatic heterocycles. The molecule has 0 bridgehead atoms. The lowest BCUT2D eigenvalue weighted by atomic mass is 9.91. The van der Waals surface area contributed by atoms with E-state index in [-0.39, 0.29) is 16.8 Å². The van der Waals surface area contributed by atoms with E-state index in [0.717, 1.165) is 48.9 Å². The van der Waals surface area contributed by atoms with Gasteiger partial charge in [-0.15, -0.1) is 0 Å². The Kier molecular flexibility index (Phi) is 7.31. The van der Waals surface area contributed by atoms with Crippen molar-refractivity contribution < 1.29 is 4.39 Å². The molecule has 1 heterocycles. The Hall–Kier alpha value is -1.54. The van der Waals surface area contributed by atoms with Crippen molar-refractivity contribution in [3.8, 4) is 0 Å². The molecule has 1 N–H and O–H groups in total. The Bertz CT molecular complexity index is 770. The number of aryl methyl sites for hydroxylation is 1. The van der Waals surface area contributed by atoms with Gasteiger partial charge in [0.05, 0.1) is 5.02 Å². The molecule has 0 saturated carbocycles. The number of hydrogen-bond donors (Lipinski definition) is 1. The molecule has 0 spiro atoms. The molecular weight excluding hydrogens is 333 g/mol. The number of nitrogens with one attached hydrogen (secondary N) is 1. The van der Waals surface area contributed by atoms with Crippen LogP contribution in [-0.2, 0) is 6.42 Å². The zero-order chi connectivity index (χ0) is 18.4. The van der Waals surface area contributed by atoms with Gasteiger partial charge in [-0.25, -0.2) is 4.39 Å². The molecule has 1 aromatic carbocycles. The predicted molar refractivity (Wildman–Crippen MR) is 108 cm³/mol. The minimum absolute atomic E-state index is 0.193. The second-order valence-corrected chi connectivity index (χ2v) is 6.96. The fraction of sp³-hybridized carbons (Fsp3) is 0.455. The van der Waals surface area contributed by atoms with Crippen LogP contribution in [0, 0.1) is 5.82 Å². The van der Waals surface area contributed by atoms with E-state index in [1.54, 1.807) is 6.07 Å². The Morgan fingerprint density at radius 2 is 2.00 bits per heavy atom. The van der Waals surface area contributed by atoms with Gasteiger partial charge < -0.3 is 4.98 Å². The lowest BCUT2D eigenvalue weighted by Crippen LogP contribution is -2.01. The van der Waals surface area contributed by atoms with Crippen LogP contribution in [-0.4, -0.2) is 4.98 Å². The molecule has 25 heavy (non-hydrogen) atoms. The first kappa shape index (κ1) is 19.8. The van der Waals surface area contributed by atoms with Crippen molar-refractivity contribution in [3.63, 3.8) is 0 Å². The zero-order valence-corrected chi connectivity index (χ0v) is 16.5. The summed E-state index contributed by atoms with van der Waals surface area (Å²) < 4.78 is 14.7. The van der Waals surface area contributed by atoms with E-state index >= 15 is 0 Å². The average molecular weight is 362 g/mol. The molecule has 2 aromatic rings. The third-order valence-electron chi connectivity index (χ3n) is 4.69. The average Bonchev–Trinajstić information content (AvgIpc) is 2.98. The maximum Gasteiger partial charge on any atom is 0.151 e. The van der Waals surface area contributed by atoms with Crippen LogP contribution in [0.5, 0.6) is 0 Å². The van der Waals surface area contributed by atoms with E-state index in [0.29, 0.717) is 5.39 Å². The monoisotopic (exact) mass is 361 g/mol. The van der Waals surface area contributed by atoms with Crippen molar-refractivity contribution in [2.45, 2.75) is 65.7 Å². The molecule has 0 aliphatic carbocycles. The Morgan fingerprint density at radius 3 is 2.64 bits per heavy atom. The second kappa shape index (κ2) is 9.24. The summed E-state index contributed by atoms with van der Waals surface area (Å²) in [7, 11) is 0. The molecule has 136 valence electrons. The number of unbranched alkanes of at least 4 members (excludes halogenated alkanes) is 1. The highest BCUT2D eigenvalue weighted by Gasteiger charge is 2.21. The Labute approximate surface area is 156 Å². The molecule has 0 saturated heterocycles. The number of allylic oxidation sites excluding steroid dienone is 4. The maximum absolute atomic E-state index is 14.7. The van der Waals surface area contributed by atoms with E-state index < -0.39 is 0 Å². The molecule has 0 radical (unpaired) electrons. The third kappa shape index (κ3) is 4.36. The van der Waals surface area contributed by atoms with Gasteiger partial charge in [-0.05, 0) is 49.0 Å². The van der Waals surface area contributed by atoms with Gasteiger partial charge in [0.2, 0.25) is 0 Å². The summed E-state index contributed by atoms with van der Waals surface area (Å²) in [6, 6.07) is 3.52. The highest BCUT2D eigenvalue weighted by molar-refractivity contribution is 6.31. The number of aromatic nitrogens is 1. The number of fused-ring (bicyclic) bond motifs is 1. The molecule has 1 nitrogen and oxygen atoms in total. The van der Waals surface area contributed by atoms with Gasteiger partial charge in [0, 0.05) is 22.5 Å². The van der Waals surface area contributed by atoms with Crippen LogP contribution in [0.15, 0.2) is 35.9 Å². The standard InChI is InChI=1S/C22H29ClFN/c1-5-8-11-16(10-7-3)15(4)22-17(12-9-6-2)20-19(25-22)14-13-18(23)21(20)24/h8,10-11,13-15,25H,5-7,9,12H2,1-4H3/b11-8+,16-10+. The Balaban J connectivity index is 2.60. The minimum Gasteiger partial charge on any atom is -0.358 e. The molecule has 3 heteroatoms. The van der Waals surface area contributed by atoms with Crippen molar-refractivity contribution in [2.24, 2.45) is 0 Å². The summed E-state index contributed by atoms with van der Waals surface area (Å²) in [5.41, 5.74) is 4.31. The summed E-state index contributed by atoms with van der Waals surface area (Å²) in [6.07, 6.45) is 11.6. The largest absolute Gasteiger partial charge is 0.358 e. The van der Waals surface area contributed by atoms with Gasteiger partial charge in [-0.3, -0.25) is 0 Å². The number of halogens is 2. The van der Waals surface area contributed by atoms with Crippen LogP contribution in [0.2, 0.25) is 5.02 Å². The smallest absolute Gasteiger partial charge is 0.151 e. The van der Waals surface area contributed by atoms with E-state index in [2.05, 4.69) is 50.9 Å². The van der Waals surface area contributed by atoms with Crippen molar-refractivity contribution in [3.05, 3.63) is 58.0 Å². The predicted octanol–water partition coefficient (Wildman–Crippen LogP) is 7.71. The van der Waals surface area contributed by atoms with Crippen molar-refractivity contribution in [2.75, 3.05) is 0 Å². The SMILES string of the molecule is CC/C=C/C(=C\CC)C(C)c1[nH]c2ccc(Cl)c(F)c2c1CCCC. The lowest BCUT2D eigenvalue weighted by Gasteiger charge is -2.15. The van der Waals surface area contributed by atoms with Gasteiger partial charge >= 0.3 is 0 Å². The molecular formula is C22H29ClFN. The molecule has 0 fully saturated rings. The number of H-pyrrole nitrogens is 1. The first-order valence-corrected chi connectivity index (χ1v) is 9.77. The van der Waals surface area contributed by atoms with Crippen LogP contribution in [0.1, 0.15) is 70.6 Å². The Morgan fingerprint density at radius 1 is 1.24 bits per heavy atom. The normalized spacial score (nSPS) is 13.9. The zero-order valence-electron chi connectivity index (χ0n) is 15.8. The van der Waals surface area contributed by atoms with Gasteiger partial charge in [0.25, 0.3) is 0 Å². The fourth-order valence-corrected chi connectivity index (χ4v) is 3.49. The summed E-state index contributed by atoms with van der Waals surface area (Å²) in [5, 5.41) is 0.858. The van der Waals surface area contributed by atoms with E-state index in [1.807, 2.05) is 6.07 Å². The van der Waals surface area contributed by atoms with Crippen LogP contribution >= 0.6 is 11.6 Å². The van der Waals surface area contributed by atoms with Gasteiger partial charge in [-0.1, -0.05) is 63.9 Å². The van der Waals surface area contributed by atoms with E-state index in [1.165, 1.54) is 5.57 Å². The minimum atomic E-state index is -0.301. The third-order valence-corrected chi connectivity index (χ3v) is 4.98. The van der Waals surface area contributed by atoms with Crippen molar-refractivity contribution in [1.82, 2.24) is 4.98 Å². The van der Waals surface area contributed by atoms with Crippen molar-refractivity contribution >= 4 is 22.5 Å². The second-order valence-electron chi connectivity index (χ2n) is 6.55. The van der Waals surface area contributed by atoms with E-state index in [4.69, 9.17) is 11.6 Å². The first-order valence-electron chi connectivity index (χ1n) is 9.40. The van der Waals surface area contributed by atoms with Crippen LogP contribution in [0.3, 0.4) is 0 Å². The van der Waals surface area contributed by atoms with Gasteiger partial charge in [0.15, 0.2) is 5.82 Å². The summed E-state index contributed by atoms with van der Waals surface area (Å²) in [4.78, 5) is 3.48. The summed E-state index contributed by atoms with van der Waals surface area (Å²) >= 11 is 6.05. The highest BCUT2D eigenvalue weighted by Crippen LogP contribution is 2.36. The number of hydrogen-bond acceptors (Lipinski definition) is 0. The number of benzene rings is 1. The van der Waals surface area contributed by atoms with E-state index in [9.17, 15) is 4.39 Å². The van der Waals surface area contributed by atoms with Gasteiger partial charge in [-0.2, -0.15) is 0 Å². The van der Waals surface area contributed by atoms with Gasteiger partial charge in [0.1, 0.15) is 0 Å². The topological polar surface area (TPSA) is 15.8 Å². The molecule has 2 rings (SSSR count). The summed E-state index contributed by atoms with van der Waals surface area (Å²) in [5.74, 6) is -0.106. The first-order chi connectivity index (χ1) is 12.0. The lowest BCUT2D eigenvalue weighted by molar-refractivity contribution is 0.638. The molecule has 1 atom stereocenters. The molecule has 0 aliphatic rings. The summed E-state index contributed by atoms with van der Waals surface area (Å²) in [6.45, 7) is 8.64. The van der Waals surface area contributed by atoms with Crippen LogP contribution in [0.4, 0.5) is 4.39 Å². The van der Waals surface area contributed by atoms with Crippen LogP contribution < -0.4 is 0 Å².